The highest BCUT2D eigenvalue weighted by Crippen LogP contribution is 2.40. The first-order valence-corrected chi connectivity index (χ1v) is 15.7. The first kappa shape index (κ1) is 28.5. The molecule has 1 aliphatic carbocycles. The van der Waals surface area contributed by atoms with Crippen molar-refractivity contribution in [1.29, 1.82) is 0 Å². The summed E-state index contributed by atoms with van der Waals surface area (Å²) in [6, 6.07) is 10.9. The molecule has 0 spiro atoms. The van der Waals surface area contributed by atoms with Gasteiger partial charge in [0.2, 0.25) is 5.95 Å². The van der Waals surface area contributed by atoms with Crippen LogP contribution < -0.4 is 5.32 Å². The number of fused-ring (bicyclic) bond motifs is 3. The van der Waals surface area contributed by atoms with Gasteiger partial charge in [-0.25, -0.2) is 9.97 Å². The van der Waals surface area contributed by atoms with E-state index in [4.69, 9.17) is 15.2 Å². The Kier molecular flexibility index (Phi) is 7.78. The van der Waals surface area contributed by atoms with Crippen molar-refractivity contribution < 1.29 is 0 Å². The van der Waals surface area contributed by atoms with Crippen LogP contribution in [0.4, 0.5) is 11.8 Å². The van der Waals surface area contributed by atoms with Crippen LogP contribution in [0.15, 0.2) is 60.6 Å². The Morgan fingerprint density at radius 1 is 0.841 bits per heavy atom. The Balaban J connectivity index is 1.12. The number of hydrogen-bond donors (Lipinski definition) is 1. The van der Waals surface area contributed by atoms with Crippen molar-refractivity contribution in [2.24, 2.45) is 7.05 Å². The number of aryl methyl sites for hydroxylation is 3. The van der Waals surface area contributed by atoms with Crippen LogP contribution in [-0.2, 0) is 26.4 Å². The second-order valence-corrected chi connectivity index (χ2v) is 12.5. The van der Waals surface area contributed by atoms with Gasteiger partial charge in [0.15, 0.2) is 5.82 Å². The summed E-state index contributed by atoms with van der Waals surface area (Å²) < 4.78 is 4.01. The highest BCUT2D eigenvalue weighted by molar-refractivity contribution is 5.85. The van der Waals surface area contributed by atoms with Gasteiger partial charge >= 0.3 is 0 Å². The summed E-state index contributed by atoms with van der Waals surface area (Å²) in [6.45, 7) is 9.60. The minimum atomic E-state index is 0.553. The van der Waals surface area contributed by atoms with E-state index >= 15 is 0 Å². The molecule has 0 bridgehead atoms. The van der Waals surface area contributed by atoms with Gasteiger partial charge in [0.05, 0.1) is 23.6 Å². The molecule has 3 aromatic heterocycles. The molecule has 4 aromatic rings. The summed E-state index contributed by atoms with van der Waals surface area (Å²) >= 11 is 0. The SMILES string of the molecule is CC1=CC(c2ccc(-c3c4c(nn3C)CCc3cnc(Nc5ccn(CCN6CCN(C)CC6)n5)nc3-4)cc2)=CN(C)CC1. The Morgan fingerprint density at radius 3 is 2.45 bits per heavy atom. The summed E-state index contributed by atoms with van der Waals surface area (Å²) in [5, 5.41) is 13.0. The van der Waals surface area contributed by atoms with Gasteiger partial charge in [0.1, 0.15) is 0 Å². The fraction of sp³-hybridized carbons (Fsp3) is 0.412. The first-order valence-electron chi connectivity index (χ1n) is 15.7. The largest absolute Gasteiger partial charge is 0.380 e. The monoisotopic (exact) mass is 590 g/mol. The third kappa shape index (κ3) is 5.92. The lowest BCUT2D eigenvalue weighted by Gasteiger charge is -2.32. The van der Waals surface area contributed by atoms with Crippen LogP contribution in [0.1, 0.15) is 30.2 Å². The molecule has 0 unspecified atom stereocenters. The average Bonchev–Trinajstić information content (AvgIpc) is 3.57. The smallest absolute Gasteiger partial charge is 0.228 e. The topological polar surface area (TPSA) is 83.2 Å². The lowest BCUT2D eigenvalue weighted by Crippen LogP contribution is -2.45. The van der Waals surface area contributed by atoms with E-state index in [2.05, 4.69) is 82.6 Å². The molecule has 0 saturated carbocycles. The maximum absolute atomic E-state index is 5.04. The second kappa shape index (κ2) is 12.0. The molecule has 5 heterocycles. The summed E-state index contributed by atoms with van der Waals surface area (Å²) in [7, 11) is 6.37. The molecule has 0 amide bonds. The van der Waals surface area contributed by atoms with Crippen molar-refractivity contribution in [1.82, 2.24) is 44.2 Å². The van der Waals surface area contributed by atoms with Gasteiger partial charge in [-0.1, -0.05) is 35.9 Å². The summed E-state index contributed by atoms with van der Waals surface area (Å²) in [6.07, 6.45) is 11.4. The van der Waals surface area contributed by atoms with E-state index in [0.29, 0.717) is 5.95 Å². The Bertz CT molecular complexity index is 1700. The number of hydrogen-bond acceptors (Lipinski definition) is 8. The molecule has 0 radical (unpaired) electrons. The highest BCUT2D eigenvalue weighted by Gasteiger charge is 2.27. The van der Waals surface area contributed by atoms with Crippen LogP contribution >= 0.6 is 0 Å². The van der Waals surface area contributed by atoms with Crippen molar-refractivity contribution in [3.8, 4) is 22.5 Å². The number of nitrogens with one attached hydrogen (secondary N) is 1. The van der Waals surface area contributed by atoms with Crippen LogP contribution in [0.3, 0.4) is 0 Å². The van der Waals surface area contributed by atoms with E-state index in [9.17, 15) is 0 Å². The minimum Gasteiger partial charge on any atom is -0.380 e. The number of benzene rings is 1. The molecule has 1 N–H and O–H groups in total. The molecule has 0 atom stereocenters. The van der Waals surface area contributed by atoms with E-state index in [1.807, 2.05) is 34.9 Å². The average molecular weight is 591 g/mol. The Hall–Kier alpha value is -4.28. The summed E-state index contributed by atoms with van der Waals surface area (Å²) in [5.74, 6) is 1.31. The molecular weight excluding hydrogens is 548 g/mol. The predicted molar refractivity (Wildman–Crippen MR) is 176 cm³/mol. The van der Waals surface area contributed by atoms with Crippen molar-refractivity contribution in [3.63, 3.8) is 0 Å². The standard InChI is InChI=1S/C34H42N10/c1-24-11-13-41(3)23-28(21-24)25-5-7-26(8-6-25)33-31-29(38-42(33)4)10-9-27-22-35-34(37-32(27)31)36-30-12-14-44(39-30)20-19-43-17-15-40(2)16-18-43/h5-8,12,14,21-23H,9-11,13,15-20H2,1-4H3,(H,35,36,37,39). The van der Waals surface area contributed by atoms with Crippen LogP contribution in [-0.4, -0.2) is 97.6 Å². The normalized spacial score (nSPS) is 17.5. The molecule has 10 nitrogen and oxygen atoms in total. The zero-order valence-corrected chi connectivity index (χ0v) is 26.3. The number of nitrogens with zero attached hydrogens (tertiary/aromatic N) is 9. The van der Waals surface area contributed by atoms with Crippen molar-refractivity contribution in [2.45, 2.75) is 32.7 Å². The van der Waals surface area contributed by atoms with E-state index in [-0.39, 0.29) is 0 Å². The molecule has 228 valence electrons. The molecule has 2 aliphatic heterocycles. The molecule has 1 saturated heterocycles. The third-order valence-electron chi connectivity index (χ3n) is 9.09. The quantitative estimate of drug-likeness (QED) is 0.338. The first-order chi connectivity index (χ1) is 21.4. The van der Waals surface area contributed by atoms with E-state index in [1.165, 1.54) is 16.7 Å². The summed E-state index contributed by atoms with van der Waals surface area (Å²) in [5.41, 5.74) is 10.4. The van der Waals surface area contributed by atoms with E-state index in [1.54, 1.807) is 0 Å². The van der Waals surface area contributed by atoms with Crippen molar-refractivity contribution >= 4 is 17.3 Å². The molecule has 3 aliphatic rings. The fourth-order valence-electron chi connectivity index (χ4n) is 6.44. The molecule has 1 fully saturated rings. The van der Waals surface area contributed by atoms with Gasteiger partial charge in [-0.3, -0.25) is 14.3 Å². The van der Waals surface area contributed by atoms with Crippen molar-refractivity contribution in [3.05, 3.63) is 77.4 Å². The molecule has 44 heavy (non-hydrogen) atoms. The van der Waals surface area contributed by atoms with Gasteiger partial charge in [-0.15, -0.1) is 0 Å². The van der Waals surface area contributed by atoms with Crippen LogP contribution in [0.25, 0.3) is 28.1 Å². The lowest BCUT2D eigenvalue weighted by molar-refractivity contribution is 0.149. The number of allylic oxidation sites excluding steroid dienone is 2. The maximum Gasteiger partial charge on any atom is 0.228 e. The highest BCUT2D eigenvalue weighted by atomic mass is 15.3. The molecule has 10 heteroatoms. The van der Waals surface area contributed by atoms with Gasteiger partial charge in [-0.05, 0) is 49.9 Å². The summed E-state index contributed by atoms with van der Waals surface area (Å²) in [4.78, 5) is 16.9. The molecular formula is C34H42N10. The minimum absolute atomic E-state index is 0.553. The van der Waals surface area contributed by atoms with Crippen LogP contribution in [0, 0.1) is 0 Å². The van der Waals surface area contributed by atoms with E-state index in [0.717, 1.165) is 105 Å². The van der Waals surface area contributed by atoms with Crippen LogP contribution in [0.5, 0.6) is 0 Å². The van der Waals surface area contributed by atoms with Gasteiger partial charge in [0.25, 0.3) is 0 Å². The second-order valence-electron chi connectivity index (χ2n) is 12.5. The van der Waals surface area contributed by atoms with Crippen LogP contribution in [0.2, 0.25) is 0 Å². The van der Waals surface area contributed by atoms with Gasteiger partial charge in [0, 0.05) is 89.2 Å². The number of rotatable bonds is 7. The number of aromatic nitrogens is 6. The Labute approximate surface area is 259 Å². The number of piperazine rings is 1. The van der Waals surface area contributed by atoms with E-state index < -0.39 is 0 Å². The maximum atomic E-state index is 5.04. The zero-order chi connectivity index (χ0) is 30.2. The molecule has 7 rings (SSSR count). The number of likely N-dealkylation sites (N-methyl/N-ethyl adjacent to an activating group) is 1. The third-order valence-corrected chi connectivity index (χ3v) is 9.09. The Morgan fingerprint density at radius 2 is 1.64 bits per heavy atom. The lowest BCUT2D eigenvalue weighted by atomic mass is 9.91. The fourth-order valence-corrected chi connectivity index (χ4v) is 6.44. The molecule has 1 aromatic carbocycles. The van der Waals surface area contributed by atoms with Gasteiger partial charge < -0.3 is 15.1 Å². The number of anilines is 2. The van der Waals surface area contributed by atoms with Crippen molar-refractivity contribution in [2.75, 3.05) is 58.7 Å². The zero-order valence-electron chi connectivity index (χ0n) is 26.3. The predicted octanol–water partition coefficient (Wildman–Crippen LogP) is 4.45. The van der Waals surface area contributed by atoms with Gasteiger partial charge in [-0.2, -0.15) is 10.2 Å².